The van der Waals surface area contributed by atoms with Gasteiger partial charge in [0, 0.05) is 18.7 Å². The molecule has 2 heteroatoms. The molecule has 66 valence electrons. The molecule has 1 aliphatic rings. The molecule has 0 unspecified atom stereocenters. The van der Waals surface area contributed by atoms with Crippen LogP contribution in [0.15, 0.2) is 0 Å². The second-order valence-electron chi connectivity index (χ2n) is 4.07. The summed E-state index contributed by atoms with van der Waals surface area (Å²) in [6, 6.07) is 0.634. The van der Waals surface area contributed by atoms with Crippen LogP contribution in [0.2, 0.25) is 0 Å². The first kappa shape index (κ1) is 9.01. The number of rotatable bonds is 2. The van der Waals surface area contributed by atoms with Gasteiger partial charge in [0.15, 0.2) is 0 Å². The van der Waals surface area contributed by atoms with Gasteiger partial charge in [-0.1, -0.05) is 0 Å². The van der Waals surface area contributed by atoms with Gasteiger partial charge in [-0.2, -0.15) is 0 Å². The molecule has 0 bridgehead atoms. The maximum absolute atomic E-state index is 5.15. The predicted molar refractivity (Wildman–Crippen MR) is 46.7 cm³/mol. The van der Waals surface area contributed by atoms with Crippen molar-refractivity contribution < 1.29 is 4.74 Å². The fourth-order valence-electron chi connectivity index (χ4n) is 1.77. The Bertz CT molecular complexity index is 134. The summed E-state index contributed by atoms with van der Waals surface area (Å²) in [4.78, 5) is 2.43. The van der Waals surface area contributed by atoms with E-state index < -0.39 is 0 Å². The Kier molecular flexibility index (Phi) is 2.55. The third-order valence-corrected chi connectivity index (χ3v) is 2.95. The van der Waals surface area contributed by atoms with Crippen LogP contribution in [0.5, 0.6) is 0 Å². The van der Waals surface area contributed by atoms with Crippen LogP contribution in [-0.4, -0.2) is 37.2 Å². The van der Waals surface area contributed by atoms with E-state index in [1.54, 1.807) is 7.11 Å². The van der Waals surface area contributed by atoms with E-state index in [2.05, 4.69) is 25.8 Å². The topological polar surface area (TPSA) is 12.5 Å². The molecule has 2 nitrogen and oxygen atoms in total. The zero-order chi connectivity index (χ0) is 8.48. The van der Waals surface area contributed by atoms with Crippen LogP contribution in [0.4, 0.5) is 0 Å². The van der Waals surface area contributed by atoms with Crippen LogP contribution >= 0.6 is 0 Å². The molecule has 1 aliphatic heterocycles. The van der Waals surface area contributed by atoms with E-state index in [4.69, 9.17) is 4.74 Å². The van der Waals surface area contributed by atoms with Gasteiger partial charge in [0.1, 0.15) is 0 Å². The summed E-state index contributed by atoms with van der Waals surface area (Å²) < 4.78 is 5.15. The lowest BCUT2D eigenvalue weighted by Crippen LogP contribution is -2.41. The van der Waals surface area contributed by atoms with Gasteiger partial charge in [0.2, 0.25) is 0 Å². The lowest BCUT2D eigenvalue weighted by Gasteiger charge is -2.31. The highest BCUT2D eigenvalue weighted by atomic mass is 16.5. The van der Waals surface area contributed by atoms with Gasteiger partial charge in [-0.15, -0.1) is 0 Å². The molecule has 1 fully saturated rings. The second-order valence-corrected chi connectivity index (χ2v) is 4.07. The molecule has 0 aromatic rings. The molecule has 0 spiro atoms. The maximum Gasteiger partial charge on any atom is 0.0618 e. The minimum absolute atomic E-state index is 0.378. The largest absolute Gasteiger partial charge is 0.383 e. The first-order valence-electron chi connectivity index (χ1n) is 4.30. The molecule has 0 aliphatic carbocycles. The van der Waals surface area contributed by atoms with Gasteiger partial charge in [0.25, 0.3) is 0 Å². The highest BCUT2D eigenvalue weighted by molar-refractivity contribution is 4.92. The van der Waals surface area contributed by atoms with Crippen molar-refractivity contribution in [3.63, 3.8) is 0 Å². The Balaban J connectivity index is 2.49. The average molecular weight is 157 g/mol. The van der Waals surface area contributed by atoms with Crippen molar-refractivity contribution in [1.82, 2.24) is 4.90 Å². The predicted octanol–water partition coefficient (Wildman–Crippen LogP) is 1.51. The molecule has 0 aromatic heterocycles. The third kappa shape index (κ3) is 1.74. The highest BCUT2D eigenvalue weighted by Gasteiger charge is 2.35. The summed E-state index contributed by atoms with van der Waals surface area (Å²) in [6.45, 7) is 5.46. The zero-order valence-corrected chi connectivity index (χ0v) is 8.05. The molecule has 1 saturated heterocycles. The van der Waals surface area contributed by atoms with Gasteiger partial charge in [-0.25, -0.2) is 0 Å². The Morgan fingerprint density at radius 2 is 2.18 bits per heavy atom. The summed E-state index contributed by atoms with van der Waals surface area (Å²) >= 11 is 0. The van der Waals surface area contributed by atoms with Gasteiger partial charge in [-0.05, 0) is 33.7 Å². The van der Waals surface area contributed by atoms with Crippen LogP contribution in [0, 0.1) is 0 Å². The van der Waals surface area contributed by atoms with Crippen LogP contribution in [-0.2, 0) is 4.74 Å². The van der Waals surface area contributed by atoms with Crippen LogP contribution in [0.25, 0.3) is 0 Å². The smallest absolute Gasteiger partial charge is 0.0618 e. The van der Waals surface area contributed by atoms with Crippen LogP contribution in [0.1, 0.15) is 26.7 Å². The number of hydrogen-bond acceptors (Lipinski definition) is 2. The molecule has 0 radical (unpaired) electrons. The van der Waals surface area contributed by atoms with E-state index in [1.165, 1.54) is 12.8 Å². The summed E-state index contributed by atoms with van der Waals surface area (Å²) in [5, 5.41) is 0. The number of likely N-dealkylation sites (tertiary alicyclic amines) is 1. The SMILES string of the molecule is COC[C@@H]1CCC(C)(C)N1C. The molecular weight excluding hydrogens is 138 g/mol. The van der Waals surface area contributed by atoms with Crippen molar-refractivity contribution in [3.05, 3.63) is 0 Å². The average Bonchev–Trinajstić information content (AvgIpc) is 2.17. The van der Waals surface area contributed by atoms with E-state index >= 15 is 0 Å². The van der Waals surface area contributed by atoms with Crippen molar-refractivity contribution in [2.45, 2.75) is 38.3 Å². The second kappa shape index (κ2) is 3.11. The molecule has 0 N–H and O–H groups in total. The standard InChI is InChI=1S/C9H19NO/c1-9(2)6-5-8(7-11-4)10(9)3/h8H,5-7H2,1-4H3/t8-/m0/s1. The highest BCUT2D eigenvalue weighted by Crippen LogP contribution is 2.31. The molecular formula is C9H19NO. The van der Waals surface area contributed by atoms with Crippen molar-refractivity contribution >= 4 is 0 Å². The molecule has 1 rings (SSSR count). The van der Waals surface area contributed by atoms with Crippen LogP contribution < -0.4 is 0 Å². The molecule has 0 aromatic carbocycles. The maximum atomic E-state index is 5.15. The first-order valence-corrected chi connectivity index (χ1v) is 4.30. The fourth-order valence-corrected chi connectivity index (χ4v) is 1.77. The van der Waals surface area contributed by atoms with E-state index in [0.29, 0.717) is 11.6 Å². The molecule has 0 amide bonds. The quantitative estimate of drug-likeness (QED) is 0.602. The van der Waals surface area contributed by atoms with Crippen LogP contribution in [0.3, 0.4) is 0 Å². The summed E-state index contributed by atoms with van der Waals surface area (Å²) in [6.07, 6.45) is 2.56. The summed E-state index contributed by atoms with van der Waals surface area (Å²) in [5.74, 6) is 0. The first-order chi connectivity index (χ1) is 5.08. The minimum atomic E-state index is 0.378. The van der Waals surface area contributed by atoms with E-state index in [9.17, 15) is 0 Å². The van der Waals surface area contributed by atoms with Gasteiger partial charge in [0.05, 0.1) is 6.61 Å². The molecule has 11 heavy (non-hydrogen) atoms. The number of likely N-dealkylation sites (N-methyl/N-ethyl adjacent to an activating group) is 1. The van der Waals surface area contributed by atoms with E-state index in [1.807, 2.05) is 0 Å². The van der Waals surface area contributed by atoms with Crippen molar-refractivity contribution in [2.75, 3.05) is 20.8 Å². The van der Waals surface area contributed by atoms with E-state index in [0.717, 1.165) is 6.61 Å². The lowest BCUT2D eigenvalue weighted by atomic mass is 10.0. The normalized spacial score (nSPS) is 31.1. The Labute approximate surface area is 69.5 Å². The number of methoxy groups -OCH3 is 1. The third-order valence-electron chi connectivity index (χ3n) is 2.95. The van der Waals surface area contributed by atoms with Gasteiger partial charge < -0.3 is 4.74 Å². The molecule has 1 atom stereocenters. The van der Waals surface area contributed by atoms with Crippen molar-refractivity contribution in [2.24, 2.45) is 0 Å². The number of hydrogen-bond donors (Lipinski definition) is 0. The van der Waals surface area contributed by atoms with Crippen molar-refractivity contribution in [1.29, 1.82) is 0 Å². The Morgan fingerprint density at radius 1 is 1.55 bits per heavy atom. The minimum Gasteiger partial charge on any atom is -0.383 e. The number of nitrogens with zero attached hydrogens (tertiary/aromatic N) is 1. The number of ether oxygens (including phenoxy) is 1. The fraction of sp³-hybridized carbons (Fsp3) is 1.00. The lowest BCUT2D eigenvalue weighted by molar-refractivity contribution is 0.0903. The summed E-state index contributed by atoms with van der Waals surface area (Å²) in [7, 11) is 3.97. The zero-order valence-electron chi connectivity index (χ0n) is 8.05. The molecule has 0 saturated carbocycles. The Morgan fingerprint density at radius 3 is 2.55 bits per heavy atom. The van der Waals surface area contributed by atoms with Gasteiger partial charge in [-0.3, -0.25) is 4.90 Å². The van der Waals surface area contributed by atoms with Gasteiger partial charge >= 0.3 is 0 Å². The monoisotopic (exact) mass is 157 g/mol. The Hall–Kier alpha value is -0.0800. The van der Waals surface area contributed by atoms with Crippen molar-refractivity contribution in [3.8, 4) is 0 Å². The molecule has 1 heterocycles. The summed E-state index contributed by atoms with van der Waals surface area (Å²) in [5.41, 5.74) is 0.378. The van der Waals surface area contributed by atoms with E-state index in [-0.39, 0.29) is 0 Å².